The number of nitrogens with one attached hydrogen (secondary N) is 1. The molecule has 0 saturated heterocycles. The first kappa shape index (κ1) is 11.7. The quantitative estimate of drug-likeness (QED) is 0.670. The lowest BCUT2D eigenvalue weighted by atomic mass is 10.1. The maximum absolute atomic E-state index is 11.0. The summed E-state index contributed by atoms with van der Waals surface area (Å²) < 4.78 is 0. The average Bonchev–Trinajstić information content (AvgIpc) is 2.26. The Morgan fingerprint density at radius 2 is 2.00 bits per heavy atom. The highest BCUT2D eigenvalue weighted by Crippen LogP contribution is 2.13. The molecule has 4 nitrogen and oxygen atoms in total. The Balaban J connectivity index is 2.80. The summed E-state index contributed by atoms with van der Waals surface area (Å²) in [6.45, 7) is 1.65. The van der Waals surface area contributed by atoms with Crippen molar-refractivity contribution in [2.45, 2.75) is 19.0 Å². The highest BCUT2D eigenvalue weighted by atomic mass is 16.4. The Kier molecular flexibility index (Phi) is 4.27. The first-order chi connectivity index (χ1) is 7.15. The molecule has 0 amide bonds. The first-order valence-corrected chi connectivity index (χ1v) is 4.79. The molecule has 0 heterocycles. The molecule has 0 spiro atoms. The minimum atomic E-state index is -0.943. The van der Waals surface area contributed by atoms with Crippen LogP contribution >= 0.6 is 0 Å². The molecule has 0 aliphatic heterocycles. The van der Waals surface area contributed by atoms with Crippen LogP contribution in [-0.2, 0) is 4.79 Å². The molecule has 0 aliphatic carbocycles. The third-order valence-corrected chi connectivity index (χ3v) is 2.10. The van der Waals surface area contributed by atoms with E-state index < -0.39 is 12.0 Å². The highest BCUT2D eigenvalue weighted by Gasteiger charge is 2.20. The second-order valence-electron chi connectivity index (χ2n) is 3.43. The van der Waals surface area contributed by atoms with Gasteiger partial charge < -0.3 is 10.2 Å². The smallest absolute Gasteiger partial charge is 0.325 e. The average molecular weight is 209 g/mol. The zero-order chi connectivity index (χ0) is 11.3. The van der Waals surface area contributed by atoms with Gasteiger partial charge in [-0.1, -0.05) is 30.3 Å². The number of aliphatic hydroxyl groups is 1. The standard InChI is InChI=1S/C11H15NO3/c1-8(7-13)12-10(11(14)15)9-5-3-2-4-6-9/h2-6,8,10,12-13H,7H2,1H3,(H,14,15). The summed E-state index contributed by atoms with van der Waals surface area (Å²) in [6.07, 6.45) is 0. The number of hydrogen-bond donors (Lipinski definition) is 3. The molecule has 3 N–H and O–H groups in total. The summed E-state index contributed by atoms with van der Waals surface area (Å²) in [5.41, 5.74) is 0.685. The van der Waals surface area contributed by atoms with Crippen molar-refractivity contribution in [1.29, 1.82) is 0 Å². The maximum Gasteiger partial charge on any atom is 0.325 e. The van der Waals surface area contributed by atoms with E-state index in [4.69, 9.17) is 10.2 Å². The van der Waals surface area contributed by atoms with Gasteiger partial charge in [0.15, 0.2) is 0 Å². The van der Waals surface area contributed by atoms with E-state index in [2.05, 4.69) is 5.32 Å². The van der Waals surface area contributed by atoms with E-state index in [1.807, 2.05) is 6.07 Å². The van der Waals surface area contributed by atoms with Crippen molar-refractivity contribution in [2.24, 2.45) is 0 Å². The van der Waals surface area contributed by atoms with Crippen LogP contribution in [0.1, 0.15) is 18.5 Å². The van der Waals surface area contributed by atoms with Crippen LogP contribution < -0.4 is 5.32 Å². The van der Waals surface area contributed by atoms with Crippen LogP contribution in [0.15, 0.2) is 30.3 Å². The molecule has 4 heteroatoms. The number of aliphatic carboxylic acids is 1. The van der Waals surface area contributed by atoms with Crippen molar-refractivity contribution in [3.8, 4) is 0 Å². The van der Waals surface area contributed by atoms with Gasteiger partial charge in [-0.2, -0.15) is 0 Å². The molecule has 0 saturated carbocycles. The summed E-state index contributed by atoms with van der Waals surface area (Å²) in [5, 5.41) is 20.7. The lowest BCUT2D eigenvalue weighted by Crippen LogP contribution is -2.37. The molecule has 0 aliphatic rings. The minimum Gasteiger partial charge on any atom is -0.480 e. The van der Waals surface area contributed by atoms with Crippen molar-refractivity contribution >= 4 is 5.97 Å². The molecule has 0 aromatic heterocycles. The van der Waals surface area contributed by atoms with Crippen molar-refractivity contribution in [2.75, 3.05) is 6.61 Å². The zero-order valence-corrected chi connectivity index (χ0v) is 8.55. The van der Waals surface area contributed by atoms with E-state index >= 15 is 0 Å². The number of carboxylic acids is 1. The van der Waals surface area contributed by atoms with Crippen LogP contribution in [0.4, 0.5) is 0 Å². The molecule has 1 rings (SSSR count). The van der Waals surface area contributed by atoms with E-state index in [9.17, 15) is 4.79 Å². The van der Waals surface area contributed by atoms with E-state index in [0.717, 1.165) is 0 Å². The number of carboxylic acid groups (broad SMARTS) is 1. The Hall–Kier alpha value is -1.39. The molecule has 15 heavy (non-hydrogen) atoms. The fourth-order valence-electron chi connectivity index (χ4n) is 1.29. The fourth-order valence-corrected chi connectivity index (χ4v) is 1.29. The second kappa shape index (κ2) is 5.48. The molecule has 0 bridgehead atoms. The van der Waals surface area contributed by atoms with Crippen molar-refractivity contribution in [1.82, 2.24) is 5.32 Å². The molecular formula is C11H15NO3. The number of carbonyl (C=O) groups is 1. The van der Waals surface area contributed by atoms with Gasteiger partial charge in [-0.15, -0.1) is 0 Å². The monoisotopic (exact) mass is 209 g/mol. The highest BCUT2D eigenvalue weighted by molar-refractivity contribution is 5.75. The Bertz CT molecular complexity index is 313. The van der Waals surface area contributed by atoms with Crippen molar-refractivity contribution < 1.29 is 15.0 Å². The number of hydrogen-bond acceptors (Lipinski definition) is 3. The summed E-state index contributed by atoms with van der Waals surface area (Å²) in [4.78, 5) is 11.0. The summed E-state index contributed by atoms with van der Waals surface area (Å²) >= 11 is 0. The van der Waals surface area contributed by atoms with E-state index in [-0.39, 0.29) is 12.6 Å². The second-order valence-corrected chi connectivity index (χ2v) is 3.43. The van der Waals surface area contributed by atoms with Crippen LogP contribution in [0.3, 0.4) is 0 Å². The van der Waals surface area contributed by atoms with Gasteiger partial charge in [0.2, 0.25) is 0 Å². The van der Waals surface area contributed by atoms with Crippen LogP contribution in [0.2, 0.25) is 0 Å². The molecule has 1 aromatic rings. The molecule has 2 atom stereocenters. The molecule has 0 fully saturated rings. The predicted octanol–water partition coefficient (Wildman–Crippen LogP) is 0.783. The van der Waals surface area contributed by atoms with Gasteiger partial charge >= 0.3 is 5.97 Å². The molecule has 82 valence electrons. The summed E-state index contributed by atoms with van der Waals surface area (Å²) in [5.74, 6) is -0.943. The van der Waals surface area contributed by atoms with E-state index in [1.165, 1.54) is 0 Å². The van der Waals surface area contributed by atoms with Gasteiger partial charge in [0.05, 0.1) is 6.61 Å². The predicted molar refractivity (Wildman–Crippen MR) is 56.5 cm³/mol. The normalized spacial score (nSPS) is 14.5. The van der Waals surface area contributed by atoms with E-state index in [0.29, 0.717) is 5.56 Å². The van der Waals surface area contributed by atoms with Crippen LogP contribution in [0.5, 0.6) is 0 Å². The molecular weight excluding hydrogens is 194 g/mol. The molecule has 2 unspecified atom stereocenters. The van der Waals surface area contributed by atoms with Crippen molar-refractivity contribution in [3.05, 3.63) is 35.9 Å². The molecule has 1 aromatic carbocycles. The van der Waals surface area contributed by atoms with Gasteiger partial charge in [-0.3, -0.25) is 10.1 Å². The van der Waals surface area contributed by atoms with Gasteiger partial charge in [-0.05, 0) is 12.5 Å². The number of aliphatic hydroxyl groups excluding tert-OH is 1. The molecule has 0 radical (unpaired) electrons. The van der Waals surface area contributed by atoms with Gasteiger partial charge in [-0.25, -0.2) is 0 Å². The summed E-state index contributed by atoms with van der Waals surface area (Å²) in [7, 11) is 0. The third kappa shape index (κ3) is 3.34. The van der Waals surface area contributed by atoms with E-state index in [1.54, 1.807) is 31.2 Å². The largest absolute Gasteiger partial charge is 0.480 e. The third-order valence-electron chi connectivity index (χ3n) is 2.10. The Morgan fingerprint density at radius 3 is 2.47 bits per heavy atom. The van der Waals surface area contributed by atoms with Crippen LogP contribution in [-0.4, -0.2) is 28.8 Å². The summed E-state index contributed by atoms with van der Waals surface area (Å²) in [6, 6.07) is 7.89. The Morgan fingerprint density at radius 1 is 1.40 bits per heavy atom. The lowest BCUT2D eigenvalue weighted by Gasteiger charge is -2.18. The van der Waals surface area contributed by atoms with Crippen LogP contribution in [0.25, 0.3) is 0 Å². The van der Waals surface area contributed by atoms with Gasteiger partial charge in [0.25, 0.3) is 0 Å². The topological polar surface area (TPSA) is 69.6 Å². The fraction of sp³-hybridized carbons (Fsp3) is 0.364. The number of benzene rings is 1. The van der Waals surface area contributed by atoms with Crippen LogP contribution in [0, 0.1) is 0 Å². The Labute approximate surface area is 88.6 Å². The van der Waals surface area contributed by atoms with Gasteiger partial charge in [0, 0.05) is 6.04 Å². The number of rotatable bonds is 5. The first-order valence-electron chi connectivity index (χ1n) is 4.79. The minimum absolute atomic E-state index is 0.0867. The maximum atomic E-state index is 11.0. The SMILES string of the molecule is CC(CO)NC(C(=O)O)c1ccccc1. The van der Waals surface area contributed by atoms with Crippen molar-refractivity contribution in [3.63, 3.8) is 0 Å². The zero-order valence-electron chi connectivity index (χ0n) is 8.55. The lowest BCUT2D eigenvalue weighted by molar-refractivity contribution is -0.139. The van der Waals surface area contributed by atoms with Gasteiger partial charge in [0.1, 0.15) is 6.04 Å².